The third-order valence-electron chi connectivity index (χ3n) is 7.41. The molecule has 3 aromatic rings. The largest absolute Gasteiger partial charge is 0.464 e. The molecule has 0 saturated heterocycles. The van der Waals surface area contributed by atoms with Gasteiger partial charge in [0, 0.05) is 6.61 Å². The summed E-state index contributed by atoms with van der Waals surface area (Å²) in [5, 5.41) is 4.68. The van der Waals surface area contributed by atoms with E-state index < -0.39 is 48.2 Å². The summed E-state index contributed by atoms with van der Waals surface area (Å²) < 4.78 is 33.8. The number of hydrogen-bond donors (Lipinski definition) is 2. The van der Waals surface area contributed by atoms with Gasteiger partial charge < -0.3 is 19.2 Å². The highest BCUT2D eigenvalue weighted by Crippen LogP contribution is 2.37. The van der Waals surface area contributed by atoms with Crippen LogP contribution in [0, 0.1) is 0 Å². The van der Waals surface area contributed by atoms with Gasteiger partial charge in [-0.15, -0.1) is 0 Å². The SMILES string of the molecule is CCOC(=O)[C@@H](NC(=O)OCc1ccccc1)[C@H](CCO[Si](c1ccccc1)(c1ccccc1)C(C)(C)C)N[S@@](=O)C(C)(C)C. The van der Waals surface area contributed by atoms with E-state index in [9.17, 15) is 13.8 Å². The van der Waals surface area contributed by atoms with E-state index in [0.29, 0.717) is 0 Å². The van der Waals surface area contributed by atoms with E-state index in [-0.39, 0.29) is 31.3 Å². The van der Waals surface area contributed by atoms with E-state index >= 15 is 0 Å². The minimum atomic E-state index is -2.88. The monoisotopic (exact) mass is 652 g/mol. The molecule has 3 rings (SSSR count). The second kappa shape index (κ2) is 16.3. The van der Waals surface area contributed by atoms with Crippen molar-refractivity contribution in [1.82, 2.24) is 10.0 Å². The van der Waals surface area contributed by atoms with Crippen molar-refractivity contribution in [1.29, 1.82) is 0 Å². The van der Waals surface area contributed by atoms with Crippen LogP contribution < -0.4 is 20.4 Å². The van der Waals surface area contributed by atoms with Gasteiger partial charge in [-0.25, -0.2) is 18.5 Å². The van der Waals surface area contributed by atoms with Crippen LogP contribution in [0.1, 0.15) is 60.5 Å². The first-order valence-electron chi connectivity index (χ1n) is 15.4. The Morgan fingerprint density at radius 1 is 0.800 bits per heavy atom. The zero-order valence-electron chi connectivity index (χ0n) is 27.5. The smallest absolute Gasteiger partial charge is 0.408 e. The highest BCUT2D eigenvalue weighted by Gasteiger charge is 2.50. The van der Waals surface area contributed by atoms with Gasteiger partial charge in [-0.2, -0.15) is 0 Å². The van der Waals surface area contributed by atoms with E-state index in [4.69, 9.17) is 13.9 Å². The van der Waals surface area contributed by atoms with Gasteiger partial charge in [0.25, 0.3) is 8.32 Å². The molecule has 0 aliphatic heterocycles. The summed E-state index contributed by atoms with van der Waals surface area (Å²) in [6, 6.07) is 27.8. The standard InChI is InChI=1S/C35H48N2O6SSi/c1-8-41-32(38)31(36-33(39)42-26-27-18-12-9-13-19-27)30(37-44(40)34(2,3)4)24-25-43-45(35(5,6)7,28-20-14-10-15-21-28)29-22-16-11-17-23-29/h9-23,30-31,37H,8,24-26H2,1-7H3,(H,36,39)/t30-,31-,44-/m0/s1. The van der Waals surface area contributed by atoms with Gasteiger partial charge in [0.1, 0.15) is 12.6 Å². The summed E-state index contributed by atoms with van der Waals surface area (Å²) in [5.74, 6) is -0.650. The van der Waals surface area contributed by atoms with Crippen LogP contribution in [0.25, 0.3) is 0 Å². The quantitative estimate of drug-likeness (QED) is 0.183. The van der Waals surface area contributed by atoms with E-state index in [1.54, 1.807) is 6.92 Å². The van der Waals surface area contributed by atoms with Crippen LogP contribution in [0.5, 0.6) is 0 Å². The minimum Gasteiger partial charge on any atom is -0.464 e. The summed E-state index contributed by atoms with van der Waals surface area (Å²) in [4.78, 5) is 26.3. The van der Waals surface area contributed by atoms with Crippen LogP contribution in [-0.2, 0) is 36.3 Å². The first-order valence-corrected chi connectivity index (χ1v) is 18.4. The molecule has 0 aliphatic rings. The molecule has 2 N–H and O–H groups in total. The number of carbonyl (C=O) groups is 2. The molecule has 3 aromatic carbocycles. The fourth-order valence-corrected chi connectivity index (χ4v) is 10.6. The molecule has 0 aliphatic carbocycles. The first-order chi connectivity index (χ1) is 21.3. The number of ether oxygens (including phenoxy) is 2. The number of alkyl carbamates (subject to hydrolysis) is 1. The van der Waals surface area contributed by atoms with E-state index in [1.165, 1.54) is 0 Å². The fourth-order valence-electron chi connectivity index (χ4n) is 5.16. The lowest BCUT2D eigenvalue weighted by Crippen LogP contribution is -2.67. The molecule has 1 amide bonds. The number of benzene rings is 3. The van der Waals surface area contributed by atoms with Gasteiger partial charge >= 0.3 is 12.1 Å². The Labute approximate surface area is 272 Å². The molecule has 0 unspecified atom stereocenters. The summed E-state index contributed by atoms with van der Waals surface area (Å²) in [6.07, 6.45) is -0.521. The molecule has 8 nitrogen and oxygen atoms in total. The third-order valence-corrected chi connectivity index (χ3v) is 14.1. The molecule has 0 spiro atoms. The van der Waals surface area contributed by atoms with Crippen molar-refractivity contribution in [2.75, 3.05) is 13.2 Å². The molecule has 0 radical (unpaired) electrons. The van der Waals surface area contributed by atoms with Crippen molar-refractivity contribution >= 4 is 41.7 Å². The molecule has 244 valence electrons. The van der Waals surface area contributed by atoms with E-state index in [1.807, 2.05) is 87.5 Å². The maximum atomic E-state index is 13.4. The van der Waals surface area contributed by atoms with Crippen LogP contribution in [0.4, 0.5) is 4.79 Å². The number of amides is 1. The second-order valence-corrected chi connectivity index (χ2v) is 19.1. The Morgan fingerprint density at radius 3 is 1.78 bits per heavy atom. The molecule has 10 heteroatoms. The molecule has 3 atom stereocenters. The number of rotatable bonds is 14. The Kier molecular flexibility index (Phi) is 13.1. The molecule has 0 heterocycles. The van der Waals surface area contributed by atoms with Crippen molar-refractivity contribution < 1.29 is 27.7 Å². The Morgan fingerprint density at radius 2 is 1.31 bits per heavy atom. The van der Waals surface area contributed by atoms with Crippen LogP contribution in [0.3, 0.4) is 0 Å². The highest BCUT2D eigenvalue weighted by atomic mass is 32.2. The molecular formula is C35H48N2O6SSi. The Hall–Kier alpha value is -3.31. The van der Waals surface area contributed by atoms with Crippen molar-refractivity contribution in [3.05, 3.63) is 96.6 Å². The summed E-state index contributed by atoms with van der Waals surface area (Å²) in [5.41, 5.74) is 0.808. The molecular weight excluding hydrogens is 605 g/mol. The van der Waals surface area contributed by atoms with Gasteiger partial charge in [0.05, 0.1) is 28.4 Å². The van der Waals surface area contributed by atoms with E-state index in [2.05, 4.69) is 55.1 Å². The zero-order chi connectivity index (χ0) is 33.1. The van der Waals surface area contributed by atoms with Crippen LogP contribution in [-0.4, -0.2) is 54.6 Å². The lowest BCUT2D eigenvalue weighted by Gasteiger charge is -2.43. The van der Waals surface area contributed by atoms with Gasteiger partial charge in [-0.3, -0.25) is 0 Å². The predicted octanol–water partition coefficient (Wildman–Crippen LogP) is 5.23. The van der Waals surface area contributed by atoms with Crippen LogP contribution in [0.15, 0.2) is 91.0 Å². The Bertz CT molecular complexity index is 1340. The summed E-state index contributed by atoms with van der Waals surface area (Å²) in [6.45, 7) is 14.2. The van der Waals surface area contributed by atoms with Gasteiger partial charge in [-0.05, 0) is 55.1 Å². The number of hydrogen-bond acceptors (Lipinski definition) is 6. The lowest BCUT2D eigenvalue weighted by atomic mass is 10.1. The van der Waals surface area contributed by atoms with Crippen molar-refractivity contribution in [2.45, 2.75) is 83.4 Å². The van der Waals surface area contributed by atoms with Crippen molar-refractivity contribution in [2.24, 2.45) is 0 Å². The fraction of sp³-hybridized carbons (Fsp3) is 0.429. The summed E-state index contributed by atoms with van der Waals surface area (Å²) in [7, 11) is -4.45. The predicted molar refractivity (Wildman–Crippen MR) is 183 cm³/mol. The minimum absolute atomic E-state index is 0.0329. The third kappa shape index (κ3) is 9.84. The van der Waals surface area contributed by atoms with Crippen LogP contribution >= 0.6 is 0 Å². The summed E-state index contributed by atoms with van der Waals surface area (Å²) >= 11 is 0. The van der Waals surface area contributed by atoms with Crippen LogP contribution in [0.2, 0.25) is 5.04 Å². The number of esters is 1. The average Bonchev–Trinajstić information content (AvgIpc) is 3.01. The number of nitrogens with one attached hydrogen (secondary N) is 2. The second-order valence-electron chi connectivity index (χ2n) is 12.8. The molecule has 0 bridgehead atoms. The zero-order valence-corrected chi connectivity index (χ0v) is 29.3. The lowest BCUT2D eigenvalue weighted by molar-refractivity contribution is -0.146. The average molecular weight is 653 g/mol. The topological polar surface area (TPSA) is 103 Å². The maximum absolute atomic E-state index is 13.4. The molecule has 45 heavy (non-hydrogen) atoms. The molecule has 0 aromatic heterocycles. The molecule has 0 fully saturated rings. The van der Waals surface area contributed by atoms with Gasteiger partial charge in [-0.1, -0.05) is 112 Å². The maximum Gasteiger partial charge on any atom is 0.408 e. The van der Waals surface area contributed by atoms with Crippen molar-refractivity contribution in [3.8, 4) is 0 Å². The highest BCUT2D eigenvalue weighted by molar-refractivity contribution is 7.84. The van der Waals surface area contributed by atoms with Gasteiger partial charge in [0.15, 0.2) is 0 Å². The first kappa shape index (κ1) is 36.2. The normalized spacial score (nSPS) is 14.2. The number of carbonyl (C=O) groups excluding carboxylic acids is 2. The van der Waals surface area contributed by atoms with Gasteiger partial charge in [0.2, 0.25) is 0 Å². The van der Waals surface area contributed by atoms with Crippen molar-refractivity contribution in [3.63, 3.8) is 0 Å². The molecule has 0 saturated carbocycles. The Balaban J connectivity index is 1.94. The van der Waals surface area contributed by atoms with E-state index in [0.717, 1.165) is 15.9 Å².